The Morgan fingerprint density at radius 3 is 2.41 bits per heavy atom. The summed E-state index contributed by atoms with van der Waals surface area (Å²) in [7, 11) is 0. The Hall–Kier alpha value is -5.25. The van der Waals surface area contributed by atoms with Crippen LogP contribution in [-0.2, 0) is 0 Å². The van der Waals surface area contributed by atoms with E-state index in [0.29, 0.717) is 16.8 Å². The number of ether oxygens (including phenoxy) is 1. The number of aromatic hydroxyl groups is 2. The maximum absolute atomic E-state index is 15.0. The third-order valence-corrected chi connectivity index (χ3v) is 6.30. The average molecular weight is 529 g/mol. The van der Waals surface area contributed by atoms with E-state index >= 15 is 4.39 Å². The van der Waals surface area contributed by atoms with Crippen LogP contribution in [0.15, 0.2) is 83.0 Å². The summed E-state index contributed by atoms with van der Waals surface area (Å²) in [5.41, 5.74) is 2.82. The topological polar surface area (TPSA) is 117 Å². The largest absolute Gasteiger partial charge is 0.511 e. The Bertz CT molecular complexity index is 1800. The molecule has 10 heteroatoms. The van der Waals surface area contributed by atoms with Gasteiger partial charge in [-0.15, -0.1) is 10.2 Å². The number of hydrogen-bond donors (Lipinski definition) is 3. The second-order valence-electron chi connectivity index (χ2n) is 8.83. The van der Waals surface area contributed by atoms with Crippen molar-refractivity contribution in [3.05, 3.63) is 95.6 Å². The Labute approximate surface area is 220 Å². The number of carbonyl (C=O) groups is 1. The highest BCUT2D eigenvalue weighted by molar-refractivity contribution is 5.97. The molecule has 0 spiro atoms. The fraction of sp³-hybridized carbons (Fsp3) is 0.0690. The number of aromatic nitrogens is 1. The SMILES string of the molecule is Cc1ccc(-n2c(O)c(N=Nc3cccc(-c4cccc(OC(=O)O)c4)c3O)c3cc(F)cc(F)c32)cc1C. The normalized spacial score (nSPS) is 11.4. The zero-order valence-corrected chi connectivity index (χ0v) is 20.7. The van der Waals surface area contributed by atoms with Crippen LogP contribution in [0.1, 0.15) is 11.1 Å². The van der Waals surface area contributed by atoms with Gasteiger partial charge in [0.1, 0.15) is 17.3 Å². The maximum Gasteiger partial charge on any atom is 0.511 e. The molecular formula is C29H21F2N3O5. The van der Waals surface area contributed by atoms with Crippen molar-refractivity contribution in [3.8, 4) is 34.2 Å². The molecule has 0 saturated carbocycles. The van der Waals surface area contributed by atoms with Crippen molar-refractivity contribution in [1.82, 2.24) is 4.57 Å². The first-order valence-electron chi connectivity index (χ1n) is 11.7. The van der Waals surface area contributed by atoms with E-state index in [4.69, 9.17) is 5.11 Å². The predicted octanol–water partition coefficient (Wildman–Crippen LogP) is 8.08. The molecule has 196 valence electrons. The van der Waals surface area contributed by atoms with Crippen molar-refractivity contribution in [2.24, 2.45) is 10.2 Å². The number of fused-ring (bicyclic) bond motifs is 1. The molecule has 4 aromatic carbocycles. The minimum atomic E-state index is -1.48. The van der Waals surface area contributed by atoms with Crippen LogP contribution in [0.4, 0.5) is 25.0 Å². The van der Waals surface area contributed by atoms with Gasteiger partial charge in [0.15, 0.2) is 17.3 Å². The van der Waals surface area contributed by atoms with E-state index in [-0.39, 0.29) is 33.8 Å². The third kappa shape index (κ3) is 4.75. The number of benzene rings is 4. The van der Waals surface area contributed by atoms with E-state index < -0.39 is 23.7 Å². The molecule has 0 atom stereocenters. The summed E-state index contributed by atoms with van der Waals surface area (Å²) in [6, 6.07) is 17.8. The van der Waals surface area contributed by atoms with Crippen molar-refractivity contribution in [2.75, 3.05) is 0 Å². The minimum Gasteiger partial charge on any atom is -0.505 e. The summed E-state index contributed by atoms with van der Waals surface area (Å²) in [5.74, 6) is -2.45. The Morgan fingerprint density at radius 1 is 0.897 bits per heavy atom. The van der Waals surface area contributed by atoms with E-state index in [0.717, 1.165) is 23.3 Å². The first-order valence-corrected chi connectivity index (χ1v) is 11.7. The van der Waals surface area contributed by atoms with E-state index in [1.54, 1.807) is 36.4 Å². The standard InChI is InChI=1S/C29H21F2N3O5/c1-15-9-10-19(11-16(15)2)34-26-22(13-18(30)14-23(26)31)25(28(34)36)33-32-24-8-4-7-21(27(24)35)17-5-3-6-20(12-17)39-29(37)38/h3-14,35-36H,1-2H3,(H,37,38). The van der Waals surface area contributed by atoms with Gasteiger partial charge in [-0.05, 0) is 66.9 Å². The molecule has 0 saturated heterocycles. The number of para-hydroxylation sites is 1. The number of carboxylic acid groups (broad SMARTS) is 1. The molecule has 0 aliphatic rings. The highest BCUT2D eigenvalue weighted by Gasteiger charge is 2.23. The second kappa shape index (κ2) is 9.90. The molecular weight excluding hydrogens is 508 g/mol. The second-order valence-corrected chi connectivity index (χ2v) is 8.83. The maximum atomic E-state index is 15.0. The van der Waals surface area contributed by atoms with E-state index in [1.165, 1.54) is 22.8 Å². The molecule has 0 aliphatic carbocycles. The molecule has 0 amide bonds. The monoisotopic (exact) mass is 529 g/mol. The zero-order valence-electron chi connectivity index (χ0n) is 20.7. The Kier molecular flexibility index (Phi) is 6.45. The predicted molar refractivity (Wildman–Crippen MR) is 141 cm³/mol. The molecule has 0 radical (unpaired) electrons. The van der Waals surface area contributed by atoms with Gasteiger partial charge in [0.2, 0.25) is 5.88 Å². The van der Waals surface area contributed by atoms with E-state index in [9.17, 15) is 19.4 Å². The molecule has 0 fully saturated rings. The first-order chi connectivity index (χ1) is 18.6. The van der Waals surface area contributed by atoms with Crippen molar-refractivity contribution >= 4 is 28.4 Å². The molecule has 1 heterocycles. The number of rotatable bonds is 5. The smallest absolute Gasteiger partial charge is 0.505 e. The number of hydrogen-bond acceptors (Lipinski definition) is 6. The summed E-state index contributed by atoms with van der Waals surface area (Å²) in [6.45, 7) is 3.79. The Morgan fingerprint density at radius 2 is 1.67 bits per heavy atom. The molecule has 0 bridgehead atoms. The summed E-state index contributed by atoms with van der Waals surface area (Å²) >= 11 is 0. The molecule has 0 unspecified atom stereocenters. The molecule has 39 heavy (non-hydrogen) atoms. The molecule has 5 aromatic rings. The first kappa shape index (κ1) is 25.4. The third-order valence-electron chi connectivity index (χ3n) is 6.30. The molecule has 1 aromatic heterocycles. The fourth-order valence-corrected chi connectivity index (χ4v) is 4.30. The highest BCUT2D eigenvalue weighted by Crippen LogP contribution is 2.44. The van der Waals surface area contributed by atoms with Crippen molar-refractivity contribution in [1.29, 1.82) is 0 Å². The van der Waals surface area contributed by atoms with Gasteiger partial charge in [0.05, 0.1) is 5.52 Å². The van der Waals surface area contributed by atoms with Gasteiger partial charge in [0.25, 0.3) is 0 Å². The van der Waals surface area contributed by atoms with Gasteiger partial charge in [-0.3, -0.25) is 4.57 Å². The lowest BCUT2D eigenvalue weighted by Gasteiger charge is -2.10. The van der Waals surface area contributed by atoms with Gasteiger partial charge in [0, 0.05) is 22.7 Å². The van der Waals surface area contributed by atoms with Crippen LogP contribution in [0.3, 0.4) is 0 Å². The van der Waals surface area contributed by atoms with Gasteiger partial charge in [-0.25, -0.2) is 13.6 Å². The van der Waals surface area contributed by atoms with Crippen LogP contribution >= 0.6 is 0 Å². The van der Waals surface area contributed by atoms with Crippen LogP contribution in [0.2, 0.25) is 0 Å². The molecule has 0 aliphatic heterocycles. The summed E-state index contributed by atoms with van der Waals surface area (Å²) in [5, 5.41) is 39.0. The highest BCUT2D eigenvalue weighted by atomic mass is 19.1. The lowest BCUT2D eigenvalue weighted by molar-refractivity contribution is 0.144. The van der Waals surface area contributed by atoms with Gasteiger partial charge in [-0.2, -0.15) is 0 Å². The quantitative estimate of drug-likeness (QED) is 0.121. The Balaban J connectivity index is 1.63. The van der Waals surface area contributed by atoms with Gasteiger partial charge >= 0.3 is 6.16 Å². The van der Waals surface area contributed by atoms with Gasteiger partial charge in [-0.1, -0.05) is 30.3 Å². The number of halogens is 2. The number of azo groups is 1. The van der Waals surface area contributed by atoms with Crippen molar-refractivity contribution in [2.45, 2.75) is 13.8 Å². The van der Waals surface area contributed by atoms with Crippen molar-refractivity contribution in [3.63, 3.8) is 0 Å². The number of phenolic OH excluding ortho intramolecular Hbond substituents is 1. The number of nitrogens with zero attached hydrogens (tertiary/aromatic N) is 3. The molecule has 3 N–H and O–H groups in total. The van der Waals surface area contributed by atoms with E-state index in [2.05, 4.69) is 15.0 Å². The summed E-state index contributed by atoms with van der Waals surface area (Å²) in [4.78, 5) is 10.9. The number of phenols is 1. The lowest BCUT2D eigenvalue weighted by Crippen LogP contribution is -2.02. The minimum absolute atomic E-state index is 0.000381. The van der Waals surface area contributed by atoms with Gasteiger partial charge < -0.3 is 20.1 Å². The van der Waals surface area contributed by atoms with E-state index in [1.807, 2.05) is 19.9 Å². The number of aryl methyl sites for hydroxylation is 2. The lowest BCUT2D eigenvalue weighted by atomic mass is 10.0. The molecule has 5 rings (SSSR count). The summed E-state index contributed by atoms with van der Waals surface area (Å²) < 4.78 is 35.2. The van der Waals surface area contributed by atoms with Crippen LogP contribution in [0, 0.1) is 25.5 Å². The fourth-order valence-electron chi connectivity index (χ4n) is 4.30. The molecule has 8 nitrogen and oxygen atoms in total. The van der Waals surface area contributed by atoms with Crippen LogP contribution in [0.5, 0.6) is 17.4 Å². The van der Waals surface area contributed by atoms with Crippen molar-refractivity contribution < 1.29 is 33.6 Å². The van der Waals surface area contributed by atoms with Crippen LogP contribution in [-0.4, -0.2) is 26.0 Å². The average Bonchev–Trinajstić information content (AvgIpc) is 3.16. The summed E-state index contributed by atoms with van der Waals surface area (Å²) in [6.07, 6.45) is -1.48. The van der Waals surface area contributed by atoms with Crippen LogP contribution < -0.4 is 4.74 Å². The van der Waals surface area contributed by atoms with Crippen LogP contribution in [0.25, 0.3) is 27.7 Å². The zero-order chi connectivity index (χ0) is 27.8.